The Labute approximate surface area is 176 Å². The number of ether oxygens (including phenoxy) is 1. The Morgan fingerprint density at radius 3 is 2.77 bits per heavy atom. The topological polar surface area (TPSA) is 137 Å². The standard InChI is InChI=1S/C20H19N7O4/c1-11-5-4-6-14(9-11)22-19(28)17-12(2)21-20-23-24-25-26(20)18(17)13-7-8-16(31-3)15(10-13)27(29)30/h4-10,18H,1-3H3,(H,22,28)(H,21,23,25). The first kappa shape index (κ1) is 20.0. The van der Waals surface area contributed by atoms with Gasteiger partial charge >= 0.3 is 5.69 Å². The summed E-state index contributed by atoms with van der Waals surface area (Å²) in [6.07, 6.45) is 0. The summed E-state index contributed by atoms with van der Waals surface area (Å²) in [5, 5.41) is 29.0. The molecular weight excluding hydrogens is 402 g/mol. The molecule has 0 aliphatic carbocycles. The number of fused-ring (bicyclic) bond motifs is 1. The van der Waals surface area contributed by atoms with Crippen LogP contribution in [0, 0.1) is 17.0 Å². The number of carbonyl (C=O) groups excluding carboxylic acids is 1. The van der Waals surface area contributed by atoms with Crippen molar-refractivity contribution in [2.45, 2.75) is 19.9 Å². The fraction of sp³-hybridized carbons (Fsp3) is 0.200. The number of aromatic nitrogens is 4. The molecule has 0 saturated carbocycles. The van der Waals surface area contributed by atoms with Crippen molar-refractivity contribution < 1.29 is 14.5 Å². The maximum absolute atomic E-state index is 13.3. The van der Waals surface area contributed by atoms with Gasteiger partial charge in [0.25, 0.3) is 5.91 Å². The predicted molar refractivity (Wildman–Crippen MR) is 112 cm³/mol. The molecule has 0 saturated heterocycles. The maximum atomic E-state index is 13.3. The fourth-order valence-corrected chi connectivity index (χ4v) is 3.56. The van der Waals surface area contributed by atoms with Crippen LogP contribution in [0.3, 0.4) is 0 Å². The summed E-state index contributed by atoms with van der Waals surface area (Å²) in [4.78, 5) is 24.3. The quantitative estimate of drug-likeness (QED) is 0.474. The Kier molecular flexibility index (Phi) is 5.07. The molecule has 1 aromatic heterocycles. The average Bonchev–Trinajstić information content (AvgIpc) is 3.20. The molecule has 0 bridgehead atoms. The molecule has 4 rings (SSSR count). The minimum atomic E-state index is -0.777. The number of hydrogen-bond acceptors (Lipinski definition) is 8. The zero-order valence-electron chi connectivity index (χ0n) is 17.0. The summed E-state index contributed by atoms with van der Waals surface area (Å²) < 4.78 is 6.52. The Morgan fingerprint density at radius 1 is 1.26 bits per heavy atom. The molecule has 11 heteroatoms. The highest BCUT2D eigenvalue weighted by atomic mass is 16.6. The minimum absolute atomic E-state index is 0.117. The number of anilines is 2. The number of nitro benzene ring substituents is 1. The van der Waals surface area contributed by atoms with Gasteiger partial charge in [-0.25, -0.2) is 0 Å². The summed E-state index contributed by atoms with van der Waals surface area (Å²) in [6, 6.07) is 11.1. The highest BCUT2D eigenvalue weighted by molar-refractivity contribution is 6.06. The lowest BCUT2D eigenvalue weighted by Crippen LogP contribution is -2.31. The molecule has 31 heavy (non-hydrogen) atoms. The van der Waals surface area contributed by atoms with Gasteiger partial charge in [-0.3, -0.25) is 14.9 Å². The Balaban J connectivity index is 1.81. The van der Waals surface area contributed by atoms with Crippen molar-refractivity contribution in [1.82, 2.24) is 20.2 Å². The van der Waals surface area contributed by atoms with E-state index in [0.717, 1.165) is 5.56 Å². The van der Waals surface area contributed by atoms with Crippen LogP contribution in [0.4, 0.5) is 17.3 Å². The first-order chi connectivity index (χ1) is 14.9. The van der Waals surface area contributed by atoms with Crippen LogP contribution in [-0.2, 0) is 4.79 Å². The molecular formula is C20H19N7O4. The number of methoxy groups -OCH3 is 1. The lowest BCUT2D eigenvalue weighted by Gasteiger charge is -2.28. The van der Waals surface area contributed by atoms with Gasteiger partial charge in [0, 0.05) is 17.5 Å². The van der Waals surface area contributed by atoms with E-state index < -0.39 is 11.0 Å². The van der Waals surface area contributed by atoms with Gasteiger partial charge in [-0.15, -0.1) is 0 Å². The van der Waals surface area contributed by atoms with Gasteiger partial charge in [0.1, 0.15) is 6.04 Å². The number of nitro groups is 1. The minimum Gasteiger partial charge on any atom is -0.490 e. The third kappa shape index (κ3) is 3.68. The number of nitrogens with one attached hydrogen (secondary N) is 2. The van der Waals surface area contributed by atoms with Crippen molar-refractivity contribution in [2.75, 3.05) is 17.7 Å². The van der Waals surface area contributed by atoms with E-state index >= 15 is 0 Å². The lowest BCUT2D eigenvalue weighted by molar-refractivity contribution is -0.385. The number of nitrogens with zero attached hydrogens (tertiary/aromatic N) is 5. The molecule has 0 spiro atoms. The van der Waals surface area contributed by atoms with Crippen LogP contribution in [0.5, 0.6) is 5.75 Å². The normalized spacial score (nSPS) is 15.1. The van der Waals surface area contributed by atoms with Crippen molar-refractivity contribution in [3.63, 3.8) is 0 Å². The van der Waals surface area contributed by atoms with E-state index in [9.17, 15) is 14.9 Å². The van der Waals surface area contributed by atoms with E-state index in [-0.39, 0.29) is 17.3 Å². The van der Waals surface area contributed by atoms with Crippen LogP contribution in [0.25, 0.3) is 0 Å². The molecule has 0 radical (unpaired) electrons. The zero-order chi connectivity index (χ0) is 22.1. The highest BCUT2D eigenvalue weighted by Gasteiger charge is 2.35. The second-order valence-electron chi connectivity index (χ2n) is 7.03. The Bertz CT molecular complexity index is 1220. The van der Waals surface area contributed by atoms with Gasteiger partial charge in [-0.1, -0.05) is 23.3 Å². The van der Waals surface area contributed by atoms with Crippen molar-refractivity contribution in [3.8, 4) is 5.75 Å². The molecule has 1 aliphatic heterocycles. The summed E-state index contributed by atoms with van der Waals surface area (Å²) in [5.74, 6) is 0.0689. The number of tetrazole rings is 1. The third-order valence-electron chi connectivity index (χ3n) is 4.95. The second-order valence-corrected chi connectivity index (χ2v) is 7.03. The van der Waals surface area contributed by atoms with Gasteiger partial charge in [-0.05, 0) is 53.6 Å². The largest absolute Gasteiger partial charge is 0.490 e. The Morgan fingerprint density at radius 2 is 2.06 bits per heavy atom. The van der Waals surface area contributed by atoms with Crippen molar-refractivity contribution in [2.24, 2.45) is 0 Å². The highest BCUT2D eigenvalue weighted by Crippen LogP contribution is 2.38. The van der Waals surface area contributed by atoms with Crippen molar-refractivity contribution in [3.05, 3.63) is 75.0 Å². The number of carbonyl (C=O) groups is 1. The van der Waals surface area contributed by atoms with Crippen LogP contribution in [0.2, 0.25) is 0 Å². The van der Waals surface area contributed by atoms with Gasteiger partial charge < -0.3 is 15.4 Å². The molecule has 1 atom stereocenters. The molecule has 158 valence electrons. The van der Waals surface area contributed by atoms with E-state index in [2.05, 4.69) is 26.2 Å². The second kappa shape index (κ2) is 7.86. The Hall–Kier alpha value is -4.28. The summed E-state index contributed by atoms with van der Waals surface area (Å²) >= 11 is 0. The number of benzene rings is 2. The van der Waals surface area contributed by atoms with E-state index in [4.69, 9.17) is 4.74 Å². The van der Waals surface area contributed by atoms with Gasteiger partial charge in [-0.2, -0.15) is 4.68 Å². The van der Waals surface area contributed by atoms with E-state index in [0.29, 0.717) is 28.5 Å². The van der Waals surface area contributed by atoms with Crippen molar-refractivity contribution in [1.29, 1.82) is 0 Å². The predicted octanol–water partition coefficient (Wildman–Crippen LogP) is 2.83. The van der Waals surface area contributed by atoms with Gasteiger partial charge in [0.05, 0.1) is 17.6 Å². The summed E-state index contributed by atoms with van der Waals surface area (Å²) in [7, 11) is 1.36. The third-order valence-corrected chi connectivity index (χ3v) is 4.95. The SMILES string of the molecule is COc1ccc(C2C(C(=O)Nc3cccc(C)c3)=C(C)Nc3nnnn32)cc1[N+](=O)[O-]. The molecule has 2 N–H and O–H groups in total. The molecule has 2 heterocycles. The van der Waals surface area contributed by atoms with E-state index in [1.54, 1.807) is 19.1 Å². The van der Waals surface area contributed by atoms with E-state index in [1.165, 1.54) is 23.9 Å². The van der Waals surface area contributed by atoms with Crippen molar-refractivity contribution >= 4 is 23.2 Å². The number of amides is 1. The maximum Gasteiger partial charge on any atom is 0.311 e. The molecule has 0 fully saturated rings. The average molecular weight is 421 g/mol. The van der Waals surface area contributed by atoms with Crippen LogP contribution >= 0.6 is 0 Å². The smallest absolute Gasteiger partial charge is 0.311 e. The number of rotatable bonds is 5. The molecule has 1 aliphatic rings. The van der Waals surface area contributed by atoms with Gasteiger partial charge in [0.2, 0.25) is 5.95 Å². The van der Waals surface area contributed by atoms with Crippen LogP contribution < -0.4 is 15.4 Å². The fourth-order valence-electron chi connectivity index (χ4n) is 3.56. The van der Waals surface area contributed by atoms with Crippen LogP contribution in [0.15, 0.2) is 53.7 Å². The lowest BCUT2D eigenvalue weighted by atomic mass is 9.94. The number of aryl methyl sites for hydroxylation is 1. The molecule has 2 aromatic carbocycles. The van der Waals surface area contributed by atoms with Crippen LogP contribution in [-0.4, -0.2) is 38.1 Å². The zero-order valence-corrected chi connectivity index (χ0v) is 17.0. The molecule has 3 aromatic rings. The first-order valence-corrected chi connectivity index (χ1v) is 9.35. The molecule has 1 unspecified atom stereocenters. The van der Waals surface area contributed by atoms with E-state index in [1.807, 2.05) is 25.1 Å². The van der Waals surface area contributed by atoms with Gasteiger partial charge in [0.15, 0.2) is 5.75 Å². The molecule has 1 amide bonds. The number of hydrogen-bond donors (Lipinski definition) is 2. The first-order valence-electron chi connectivity index (χ1n) is 9.35. The summed E-state index contributed by atoms with van der Waals surface area (Å²) in [6.45, 7) is 3.66. The summed E-state index contributed by atoms with van der Waals surface area (Å²) in [5.41, 5.74) is 2.75. The number of allylic oxidation sites excluding steroid dienone is 1. The monoisotopic (exact) mass is 421 g/mol. The van der Waals surface area contributed by atoms with Crippen LogP contribution in [0.1, 0.15) is 24.1 Å². The molecule has 11 nitrogen and oxygen atoms in total.